The summed E-state index contributed by atoms with van der Waals surface area (Å²) >= 11 is 1.46. The number of hydrogen-bond acceptors (Lipinski definition) is 6. The number of phenols is 1. The van der Waals surface area contributed by atoms with Crippen LogP contribution < -0.4 is 5.32 Å². The summed E-state index contributed by atoms with van der Waals surface area (Å²) in [5.41, 5.74) is 3.24. The lowest BCUT2D eigenvalue weighted by Crippen LogP contribution is -1.98. The van der Waals surface area contributed by atoms with Crippen LogP contribution in [0, 0.1) is 6.92 Å². The normalized spacial score (nSPS) is 11.0. The van der Waals surface area contributed by atoms with E-state index in [1.807, 2.05) is 24.3 Å². The Hall–Kier alpha value is -2.93. The molecule has 4 rings (SSSR count). The minimum absolute atomic E-state index is 0.253. The number of phenolic OH excluding ortho intramolecular Hbond substituents is 1. The van der Waals surface area contributed by atoms with Crippen molar-refractivity contribution in [2.24, 2.45) is 0 Å². The van der Waals surface area contributed by atoms with E-state index in [1.54, 1.807) is 16.6 Å². The Balaban J connectivity index is 1.60. The van der Waals surface area contributed by atoms with Gasteiger partial charge in [0.1, 0.15) is 5.75 Å². The van der Waals surface area contributed by atoms with E-state index in [0.29, 0.717) is 6.42 Å². The van der Waals surface area contributed by atoms with Gasteiger partial charge in [0.05, 0.1) is 0 Å². The highest BCUT2D eigenvalue weighted by Gasteiger charge is 2.12. The molecule has 0 atom stereocenters. The van der Waals surface area contributed by atoms with Crippen LogP contribution in [-0.2, 0) is 6.42 Å². The molecule has 0 aliphatic rings. The Morgan fingerprint density at radius 3 is 2.75 bits per heavy atom. The first kappa shape index (κ1) is 14.6. The van der Waals surface area contributed by atoms with Gasteiger partial charge in [0, 0.05) is 12.1 Å². The van der Waals surface area contributed by atoms with Crippen LogP contribution in [0.4, 0.5) is 10.8 Å². The topological polar surface area (TPSA) is 75.3 Å². The van der Waals surface area contributed by atoms with E-state index in [0.717, 1.165) is 27.2 Å². The van der Waals surface area contributed by atoms with Crippen molar-refractivity contribution in [2.45, 2.75) is 13.3 Å². The molecule has 0 fully saturated rings. The molecular weight excluding hydrogens is 322 g/mol. The molecule has 4 aromatic rings. The van der Waals surface area contributed by atoms with Crippen LogP contribution >= 0.6 is 11.3 Å². The molecule has 2 aromatic carbocycles. The first-order chi connectivity index (χ1) is 11.7. The van der Waals surface area contributed by atoms with E-state index in [2.05, 4.69) is 39.7 Å². The van der Waals surface area contributed by atoms with Crippen molar-refractivity contribution in [1.29, 1.82) is 0 Å². The highest BCUT2D eigenvalue weighted by molar-refractivity contribution is 7.20. The van der Waals surface area contributed by atoms with Crippen LogP contribution in [0.15, 0.2) is 48.5 Å². The second-order valence-electron chi connectivity index (χ2n) is 5.56. The molecule has 2 heterocycles. The molecule has 120 valence electrons. The van der Waals surface area contributed by atoms with Crippen molar-refractivity contribution in [2.75, 3.05) is 5.32 Å². The predicted octanol–water partition coefficient (Wildman–Crippen LogP) is 3.53. The molecule has 0 aliphatic heterocycles. The SMILES string of the molecule is Cc1cccc(Nc2nn3c(Cc4ccc(O)cc4)nnc3s2)c1. The van der Waals surface area contributed by atoms with E-state index in [1.165, 1.54) is 16.9 Å². The predicted molar refractivity (Wildman–Crippen MR) is 94.0 cm³/mol. The fourth-order valence-corrected chi connectivity index (χ4v) is 3.24. The minimum Gasteiger partial charge on any atom is -0.508 e. The van der Waals surface area contributed by atoms with Gasteiger partial charge in [-0.25, -0.2) is 0 Å². The summed E-state index contributed by atoms with van der Waals surface area (Å²) in [6.45, 7) is 2.06. The van der Waals surface area contributed by atoms with Gasteiger partial charge in [-0.3, -0.25) is 0 Å². The number of aryl methyl sites for hydroxylation is 1. The molecule has 0 saturated heterocycles. The minimum atomic E-state index is 0.253. The first-order valence-corrected chi connectivity index (χ1v) is 8.32. The van der Waals surface area contributed by atoms with E-state index >= 15 is 0 Å². The van der Waals surface area contributed by atoms with Crippen LogP contribution in [0.5, 0.6) is 5.75 Å². The second-order valence-corrected chi connectivity index (χ2v) is 6.51. The lowest BCUT2D eigenvalue weighted by Gasteiger charge is -2.02. The zero-order valence-electron chi connectivity index (χ0n) is 13.0. The highest BCUT2D eigenvalue weighted by Crippen LogP contribution is 2.24. The third kappa shape index (κ3) is 2.93. The molecule has 7 heteroatoms. The number of nitrogens with one attached hydrogen (secondary N) is 1. The average molecular weight is 337 g/mol. The van der Waals surface area contributed by atoms with Crippen LogP contribution in [-0.4, -0.2) is 24.9 Å². The molecule has 0 unspecified atom stereocenters. The van der Waals surface area contributed by atoms with Crippen molar-refractivity contribution in [3.8, 4) is 5.75 Å². The lowest BCUT2D eigenvalue weighted by atomic mass is 10.1. The third-order valence-electron chi connectivity index (χ3n) is 3.62. The molecule has 0 radical (unpaired) electrons. The van der Waals surface area contributed by atoms with Gasteiger partial charge in [-0.15, -0.1) is 15.3 Å². The van der Waals surface area contributed by atoms with Crippen LogP contribution in [0.3, 0.4) is 0 Å². The zero-order valence-corrected chi connectivity index (χ0v) is 13.8. The van der Waals surface area contributed by atoms with Gasteiger partial charge in [-0.2, -0.15) is 4.52 Å². The molecule has 6 nitrogen and oxygen atoms in total. The quantitative estimate of drug-likeness (QED) is 0.596. The van der Waals surface area contributed by atoms with Gasteiger partial charge in [0.25, 0.3) is 0 Å². The highest BCUT2D eigenvalue weighted by atomic mass is 32.1. The molecule has 0 saturated carbocycles. The van der Waals surface area contributed by atoms with E-state index in [9.17, 15) is 5.11 Å². The Kier molecular flexibility index (Phi) is 3.62. The molecule has 0 amide bonds. The summed E-state index contributed by atoms with van der Waals surface area (Å²) in [5.74, 6) is 1.02. The van der Waals surface area contributed by atoms with Gasteiger partial charge < -0.3 is 10.4 Å². The molecule has 0 spiro atoms. The fourth-order valence-electron chi connectivity index (χ4n) is 2.46. The van der Waals surface area contributed by atoms with Crippen LogP contribution in [0.1, 0.15) is 17.0 Å². The molecule has 24 heavy (non-hydrogen) atoms. The monoisotopic (exact) mass is 337 g/mol. The van der Waals surface area contributed by atoms with Crippen molar-refractivity contribution in [3.05, 3.63) is 65.5 Å². The zero-order chi connectivity index (χ0) is 16.5. The van der Waals surface area contributed by atoms with Gasteiger partial charge in [-0.1, -0.05) is 35.6 Å². The van der Waals surface area contributed by atoms with E-state index < -0.39 is 0 Å². The Labute approximate surface area is 142 Å². The van der Waals surface area contributed by atoms with Crippen molar-refractivity contribution in [3.63, 3.8) is 0 Å². The smallest absolute Gasteiger partial charge is 0.236 e. The van der Waals surface area contributed by atoms with Gasteiger partial charge in [-0.05, 0) is 42.3 Å². The number of benzene rings is 2. The molecule has 2 aromatic heterocycles. The average Bonchev–Trinajstić information content (AvgIpc) is 3.11. The summed E-state index contributed by atoms with van der Waals surface area (Å²) in [7, 11) is 0. The second kappa shape index (κ2) is 5.93. The number of rotatable bonds is 4. The largest absolute Gasteiger partial charge is 0.508 e. The number of nitrogens with zero attached hydrogens (tertiary/aromatic N) is 4. The molecule has 0 aliphatic carbocycles. The van der Waals surface area contributed by atoms with Gasteiger partial charge in [0.15, 0.2) is 5.82 Å². The summed E-state index contributed by atoms with van der Waals surface area (Å²) in [5, 5.41) is 26.4. The van der Waals surface area contributed by atoms with Crippen LogP contribution in [0.25, 0.3) is 4.96 Å². The van der Waals surface area contributed by atoms with Gasteiger partial charge in [0.2, 0.25) is 10.1 Å². The summed E-state index contributed by atoms with van der Waals surface area (Å²) in [4.78, 5) is 0.749. The number of anilines is 2. The summed E-state index contributed by atoms with van der Waals surface area (Å²) in [6, 6.07) is 15.2. The molecule has 2 N–H and O–H groups in total. The Morgan fingerprint density at radius 2 is 1.96 bits per heavy atom. The van der Waals surface area contributed by atoms with E-state index in [-0.39, 0.29) is 5.75 Å². The number of fused-ring (bicyclic) bond motifs is 1. The first-order valence-electron chi connectivity index (χ1n) is 7.50. The summed E-state index contributed by atoms with van der Waals surface area (Å²) < 4.78 is 1.76. The number of hydrogen-bond donors (Lipinski definition) is 2. The maximum atomic E-state index is 9.37. The molecular formula is C17H15N5OS. The number of aromatic nitrogens is 4. The fraction of sp³-hybridized carbons (Fsp3) is 0.118. The summed E-state index contributed by atoms with van der Waals surface area (Å²) in [6.07, 6.45) is 0.606. The Morgan fingerprint density at radius 1 is 1.12 bits per heavy atom. The maximum Gasteiger partial charge on any atom is 0.236 e. The third-order valence-corrected chi connectivity index (χ3v) is 4.44. The lowest BCUT2D eigenvalue weighted by molar-refractivity contribution is 0.475. The van der Waals surface area contributed by atoms with Crippen molar-refractivity contribution in [1.82, 2.24) is 19.8 Å². The number of aromatic hydroxyl groups is 1. The Bertz CT molecular complexity index is 990. The van der Waals surface area contributed by atoms with E-state index in [4.69, 9.17) is 0 Å². The molecule has 0 bridgehead atoms. The maximum absolute atomic E-state index is 9.37. The standard InChI is InChI=1S/C17H15N5OS/c1-11-3-2-4-13(9-11)18-16-21-22-15(19-20-17(22)24-16)10-12-5-7-14(23)8-6-12/h2-9,23H,10H2,1H3,(H,18,21). The van der Waals surface area contributed by atoms with Crippen molar-refractivity contribution < 1.29 is 5.11 Å². The van der Waals surface area contributed by atoms with Gasteiger partial charge >= 0.3 is 0 Å². The van der Waals surface area contributed by atoms with Crippen LogP contribution in [0.2, 0.25) is 0 Å². The van der Waals surface area contributed by atoms with Crippen molar-refractivity contribution >= 4 is 27.1 Å².